The van der Waals surface area contributed by atoms with Crippen LogP contribution in [0.4, 0.5) is 0 Å². The molecule has 0 amide bonds. The third kappa shape index (κ3) is 2.08. The fourth-order valence-corrected chi connectivity index (χ4v) is 2.63. The van der Waals surface area contributed by atoms with Crippen LogP contribution in [0, 0.1) is 0 Å². The van der Waals surface area contributed by atoms with Gasteiger partial charge in [-0.1, -0.05) is 42.1 Å². The Balaban J connectivity index is 2.08. The van der Waals surface area contributed by atoms with Crippen molar-refractivity contribution < 1.29 is 9.26 Å². The molecule has 19 heavy (non-hydrogen) atoms. The van der Waals surface area contributed by atoms with E-state index in [2.05, 4.69) is 28.9 Å². The molecule has 4 nitrogen and oxygen atoms in total. The van der Waals surface area contributed by atoms with Gasteiger partial charge in [0.15, 0.2) is 5.82 Å². The second-order valence-corrected chi connectivity index (χ2v) is 4.72. The van der Waals surface area contributed by atoms with E-state index in [1.165, 1.54) is 5.56 Å². The smallest absolute Gasteiger partial charge is 0.250 e. The summed E-state index contributed by atoms with van der Waals surface area (Å²) in [6, 6.07) is 10.3. The van der Waals surface area contributed by atoms with Gasteiger partial charge in [-0.25, -0.2) is 0 Å². The number of hydrogen-bond donors (Lipinski definition) is 0. The predicted octanol–water partition coefficient (Wildman–Crippen LogP) is 2.81. The van der Waals surface area contributed by atoms with Crippen LogP contribution in [-0.2, 0) is 10.2 Å². The van der Waals surface area contributed by atoms with E-state index in [9.17, 15) is 0 Å². The molecule has 0 saturated carbocycles. The molecule has 1 aliphatic heterocycles. The summed E-state index contributed by atoms with van der Waals surface area (Å²) in [6.45, 7) is 5.09. The van der Waals surface area contributed by atoms with Gasteiger partial charge >= 0.3 is 0 Å². The molecule has 98 valence electrons. The second kappa shape index (κ2) is 4.97. The van der Waals surface area contributed by atoms with Gasteiger partial charge in [-0.2, -0.15) is 4.98 Å². The van der Waals surface area contributed by atoms with Crippen molar-refractivity contribution in [3.8, 4) is 0 Å². The molecule has 1 aromatic carbocycles. The van der Waals surface area contributed by atoms with Gasteiger partial charge in [-0.15, -0.1) is 0 Å². The van der Waals surface area contributed by atoms with E-state index >= 15 is 0 Å². The van der Waals surface area contributed by atoms with Crippen molar-refractivity contribution in [2.24, 2.45) is 0 Å². The van der Waals surface area contributed by atoms with Crippen LogP contribution in [0.15, 0.2) is 41.4 Å². The third-order valence-corrected chi connectivity index (χ3v) is 3.72. The minimum Gasteiger partial charge on any atom is -0.381 e. The maximum atomic E-state index is 5.49. The molecule has 1 fully saturated rings. The first-order valence-corrected chi connectivity index (χ1v) is 6.45. The Bertz CT molecular complexity index is 557. The SMILES string of the molecule is C=Cc1nc(C2(c3ccccc3)CCOCC2)no1. The Morgan fingerprint density at radius 3 is 2.53 bits per heavy atom. The maximum absolute atomic E-state index is 5.49. The van der Waals surface area contributed by atoms with Gasteiger partial charge in [0, 0.05) is 13.2 Å². The van der Waals surface area contributed by atoms with Gasteiger partial charge in [0.2, 0.25) is 5.89 Å². The lowest BCUT2D eigenvalue weighted by Crippen LogP contribution is -2.36. The highest BCUT2D eigenvalue weighted by molar-refractivity contribution is 5.37. The summed E-state index contributed by atoms with van der Waals surface area (Å²) in [7, 11) is 0. The predicted molar refractivity (Wildman–Crippen MR) is 71.7 cm³/mol. The van der Waals surface area contributed by atoms with E-state index < -0.39 is 0 Å². The number of aromatic nitrogens is 2. The number of nitrogens with zero attached hydrogens (tertiary/aromatic N) is 2. The lowest BCUT2D eigenvalue weighted by molar-refractivity contribution is 0.0597. The molecule has 2 aromatic rings. The number of ether oxygens (including phenoxy) is 1. The fourth-order valence-electron chi connectivity index (χ4n) is 2.63. The van der Waals surface area contributed by atoms with E-state index in [1.54, 1.807) is 6.08 Å². The van der Waals surface area contributed by atoms with Crippen molar-refractivity contribution in [1.82, 2.24) is 10.1 Å². The van der Waals surface area contributed by atoms with Gasteiger partial charge in [0.05, 0.1) is 5.41 Å². The van der Waals surface area contributed by atoms with E-state index in [4.69, 9.17) is 9.26 Å². The summed E-state index contributed by atoms with van der Waals surface area (Å²) < 4.78 is 10.7. The van der Waals surface area contributed by atoms with E-state index in [1.807, 2.05) is 18.2 Å². The lowest BCUT2D eigenvalue weighted by Gasteiger charge is -2.34. The number of rotatable bonds is 3. The second-order valence-electron chi connectivity index (χ2n) is 4.72. The Hall–Kier alpha value is -1.94. The molecule has 1 aromatic heterocycles. The van der Waals surface area contributed by atoms with Crippen molar-refractivity contribution in [3.05, 3.63) is 54.2 Å². The molecule has 4 heteroatoms. The van der Waals surface area contributed by atoms with Gasteiger partial charge in [0.25, 0.3) is 0 Å². The van der Waals surface area contributed by atoms with Crippen molar-refractivity contribution in [1.29, 1.82) is 0 Å². The summed E-state index contributed by atoms with van der Waals surface area (Å²) in [6.07, 6.45) is 3.31. The summed E-state index contributed by atoms with van der Waals surface area (Å²) in [5.41, 5.74) is 1.01. The summed E-state index contributed by atoms with van der Waals surface area (Å²) >= 11 is 0. The molecule has 0 N–H and O–H groups in total. The first kappa shape index (κ1) is 12.1. The first-order valence-electron chi connectivity index (χ1n) is 6.45. The molecule has 0 radical (unpaired) electrons. The zero-order chi connectivity index (χ0) is 13.1. The quantitative estimate of drug-likeness (QED) is 0.847. The topological polar surface area (TPSA) is 48.2 Å². The van der Waals surface area contributed by atoms with Crippen LogP contribution in [0.3, 0.4) is 0 Å². The van der Waals surface area contributed by atoms with Gasteiger partial charge in [-0.05, 0) is 24.5 Å². The van der Waals surface area contributed by atoms with Crippen molar-refractivity contribution in [2.75, 3.05) is 13.2 Å². The summed E-state index contributed by atoms with van der Waals surface area (Å²) in [4.78, 5) is 4.45. The Morgan fingerprint density at radius 1 is 1.16 bits per heavy atom. The minimum absolute atomic E-state index is 0.204. The molecular weight excluding hydrogens is 240 g/mol. The zero-order valence-corrected chi connectivity index (χ0v) is 10.7. The zero-order valence-electron chi connectivity index (χ0n) is 10.7. The fraction of sp³-hybridized carbons (Fsp3) is 0.333. The highest BCUT2D eigenvalue weighted by Crippen LogP contribution is 2.39. The summed E-state index contributed by atoms with van der Waals surface area (Å²) in [5.74, 6) is 1.20. The largest absolute Gasteiger partial charge is 0.381 e. The minimum atomic E-state index is -0.204. The van der Waals surface area contributed by atoms with E-state index in [0.717, 1.165) is 18.7 Å². The van der Waals surface area contributed by atoms with Crippen LogP contribution in [0.5, 0.6) is 0 Å². The Morgan fingerprint density at radius 2 is 1.89 bits per heavy atom. The van der Waals surface area contributed by atoms with E-state index in [0.29, 0.717) is 19.1 Å². The molecule has 2 heterocycles. The van der Waals surface area contributed by atoms with E-state index in [-0.39, 0.29) is 5.41 Å². The third-order valence-electron chi connectivity index (χ3n) is 3.72. The molecule has 0 spiro atoms. The monoisotopic (exact) mass is 256 g/mol. The molecular formula is C15H16N2O2. The lowest BCUT2D eigenvalue weighted by atomic mass is 9.73. The molecule has 0 atom stereocenters. The standard InChI is InChI=1S/C15H16N2O2/c1-2-13-16-14(17-19-13)15(8-10-18-11-9-15)12-6-4-3-5-7-12/h2-7H,1,8-11H2. The van der Waals surface area contributed by atoms with Crippen molar-refractivity contribution >= 4 is 6.08 Å². The average Bonchev–Trinajstić information content (AvgIpc) is 2.98. The van der Waals surface area contributed by atoms with Crippen LogP contribution in [0.1, 0.15) is 30.1 Å². The summed E-state index contributed by atoms with van der Waals surface area (Å²) in [5, 5.41) is 4.15. The van der Waals surface area contributed by atoms with Crippen molar-refractivity contribution in [2.45, 2.75) is 18.3 Å². The molecule has 0 unspecified atom stereocenters. The van der Waals surface area contributed by atoms with Crippen molar-refractivity contribution in [3.63, 3.8) is 0 Å². The number of hydrogen-bond acceptors (Lipinski definition) is 4. The average molecular weight is 256 g/mol. The molecule has 0 bridgehead atoms. The van der Waals surface area contributed by atoms with Gasteiger partial charge < -0.3 is 9.26 Å². The normalized spacial score (nSPS) is 18.1. The van der Waals surface area contributed by atoms with Crippen LogP contribution in [-0.4, -0.2) is 23.4 Å². The Kier molecular flexibility index (Phi) is 3.17. The van der Waals surface area contributed by atoms with Gasteiger partial charge in [-0.3, -0.25) is 0 Å². The first-order chi connectivity index (χ1) is 9.35. The maximum Gasteiger partial charge on any atom is 0.250 e. The molecule has 1 aliphatic rings. The highest BCUT2D eigenvalue weighted by atomic mass is 16.5. The highest BCUT2D eigenvalue weighted by Gasteiger charge is 2.40. The Labute approximate surface area is 112 Å². The van der Waals surface area contributed by atoms with Crippen LogP contribution < -0.4 is 0 Å². The van der Waals surface area contributed by atoms with Crippen LogP contribution >= 0.6 is 0 Å². The number of benzene rings is 1. The van der Waals surface area contributed by atoms with Gasteiger partial charge in [0.1, 0.15) is 0 Å². The molecule has 0 aliphatic carbocycles. The van der Waals surface area contributed by atoms with Crippen LogP contribution in [0.25, 0.3) is 6.08 Å². The van der Waals surface area contributed by atoms with Crippen LogP contribution in [0.2, 0.25) is 0 Å². The molecule has 1 saturated heterocycles. The molecule has 3 rings (SSSR count).